The van der Waals surface area contributed by atoms with Gasteiger partial charge in [0.2, 0.25) is 0 Å². The second-order valence-electron chi connectivity index (χ2n) is 6.00. The Kier molecular flexibility index (Phi) is 3.79. The van der Waals surface area contributed by atoms with Crippen molar-refractivity contribution in [3.8, 4) is 0 Å². The van der Waals surface area contributed by atoms with E-state index in [0.29, 0.717) is 5.78 Å². The van der Waals surface area contributed by atoms with Gasteiger partial charge in [-0.25, -0.2) is 0 Å². The summed E-state index contributed by atoms with van der Waals surface area (Å²) in [4.78, 5) is 14.6. The van der Waals surface area contributed by atoms with Crippen molar-refractivity contribution in [3.05, 3.63) is 29.8 Å². The maximum Gasteiger partial charge on any atom is 0.140 e. The number of ether oxygens (including phenoxy) is 1. The summed E-state index contributed by atoms with van der Waals surface area (Å²) in [6.45, 7) is 5.23. The average molecular weight is 273 g/mol. The molecule has 3 rings (SSSR count). The summed E-state index contributed by atoms with van der Waals surface area (Å²) < 4.78 is 5.41. The van der Waals surface area contributed by atoms with E-state index >= 15 is 0 Å². The van der Waals surface area contributed by atoms with E-state index in [0.717, 1.165) is 39.1 Å². The molecule has 108 valence electrons. The SMILES string of the molecule is CC(=O)C1(c2cccc(N3CCOCC3)c2)CCCC1. The standard InChI is InChI=1S/C17H23NO2/c1-14(19)17(7-2-3-8-17)15-5-4-6-16(13-15)18-9-11-20-12-10-18/h4-6,13H,2-3,7-12H2,1H3. The van der Waals surface area contributed by atoms with E-state index in [9.17, 15) is 4.79 Å². The van der Waals surface area contributed by atoms with Crippen molar-refractivity contribution >= 4 is 11.5 Å². The van der Waals surface area contributed by atoms with E-state index in [1.54, 1.807) is 6.92 Å². The number of nitrogens with zero attached hydrogens (tertiary/aromatic N) is 1. The maximum absolute atomic E-state index is 12.2. The summed E-state index contributed by atoms with van der Waals surface area (Å²) in [6.07, 6.45) is 4.35. The highest BCUT2D eigenvalue weighted by Crippen LogP contribution is 2.42. The molecule has 2 fully saturated rings. The van der Waals surface area contributed by atoms with E-state index in [-0.39, 0.29) is 5.41 Å². The molecule has 1 saturated heterocycles. The van der Waals surface area contributed by atoms with Gasteiger partial charge in [0.15, 0.2) is 0 Å². The lowest BCUT2D eigenvalue weighted by molar-refractivity contribution is -0.122. The number of carbonyl (C=O) groups is 1. The van der Waals surface area contributed by atoms with Crippen molar-refractivity contribution < 1.29 is 9.53 Å². The topological polar surface area (TPSA) is 29.5 Å². The zero-order chi connectivity index (χ0) is 14.0. The Morgan fingerprint density at radius 1 is 1.20 bits per heavy atom. The van der Waals surface area contributed by atoms with Gasteiger partial charge in [-0.2, -0.15) is 0 Å². The Labute approximate surface area is 120 Å². The largest absolute Gasteiger partial charge is 0.378 e. The Balaban J connectivity index is 1.91. The Bertz CT molecular complexity index is 486. The van der Waals surface area contributed by atoms with Gasteiger partial charge in [-0.1, -0.05) is 25.0 Å². The molecule has 1 aliphatic carbocycles. The number of hydrogen-bond donors (Lipinski definition) is 0. The third kappa shape index (κ3) is 2.35. The number of anilines is 1. The zero-order valence-corrected chi connectivity index (χ0v) is 12.2. The number of morpholine rings is 1. The van der Waals surface area contributed by atoms with Crippen LogP contribution in [0.5, 0.6) is 0 Å². The van der Waals surface area contributed by atoms with Crippen LogP contribution in [0, 0.1) is 0 Å². The zero-order valence-electron chi connectivity index (χ0n) is 12.2. The van der Waals surface area contributed by atoms with Gasteiger partial charge in [-0.15, -0.1) is 0 Å². The second-order valence-corrected chi connectivity index (χ2v) is 6.00. The molecule has 0 unspecified atom stereocenters. The first kappa shape index (κ1) is 13.6. The second kappa shape index (κ2) is 5.57. The van der Waals surface area contributed by atoms with Crippen LogP contribution in [0.15, 0.2) is 24.3 Å². The number of benzene rings is 1. The lowest BCUT2D eigenvalue weighted by atomic mass is 9.75. The van der Waals surface area contributed by atoms with Crippen molar-refractivity contribution in [3.63, 3.8) is 0 Å². The lowest BCUT2D eigenvalue weighted by Gasteiger charge is -2.31. The highest BCUT2D eigenvalue weighted by Gasteiger charge is 2.40. The van der Waals surface area contributed by atoms with Gasteiger partial charge in [0.25, 0.3) is 0 Å². The monoisotopic (exact) mass is 273 g/mol. The predicted molar refractivity (Wildman–Crippen MR) is 80.3 cm³/mol. The van der Waals surface area contributed by atoms with Crippen LogP contribution < -0.4 is 4.90 Å². The first-order valence-electron chi connectivity index (χ1n) is 7.67. The third-order valence-corrected chi connectivity index (χ3v) is 4.91. The highest BCUT2D eigenvalue weighted by atomic mass is 16.5. The predicted octanol–water partition coefficient (Wildman–Crippen LogP) is 2.92. The van der Waals surface area contributed by atoms with Gasteiger partial charge >= 0.3 is 0 Å². The first-order chi connectivity index (χ1) is 9.72. The van der Waals surface area contributed by atoms with Crippen LogP contribution in [0.2, 0.25) is 0 Å². The van der Waals surface area contributed by atoms with Crippen LogP contribution in [-0.4, -0.2) is 32.1 Å². The average Bonchev–Trinajstić information content (AvgIpc) is 2.99. The number of ketones is 1. The fourth-order valence-electron chi connectivity index (χ4n) is 3.64. The first-order valence-corrected chi connectivity index (χ1v) is 7.67. The fourth-order valence-corrected chi connectivity index (χ4v) is 3.64. The molecule has 0 radical (unpaired) electrons. The number of hydrogen-bond acceptors (Lipinski definition) is 3. The van der Waals surface area contributed by atoms with E-state index in [4.69, 9.17) is 4.74 Å². The van der Waals surface area contributed by atoms with Crippen molar-refractivity contribution in [2.24, 2.45) is 0 Å². The normalized spacial score (nSPS) is 21.9. The van der Waals surface area contributed by atoms with Gasteiger partial charge in [-0.05, 0) is 37.5 Å². The number of rotatable bonds is 3. The van der Waals surface area contributed by atoms with E-state index in [2.05, 4.69) is 29.2 Å². The van der Waals surface area contributed by atoms with Gasteiger partial charge in [0, 0.05) is 18.8 Å². The van der Waals surface area contributed by atoms with Crippen LogP contribution in [0.1, 0.15) is 38.2 Å². The van der Waals surface area contributed by atoms with Crippen molar-refractivity contribution in [1.29, 1.82) is 0 Å². The van der Waals surface area contributed by atoms with Crippen LogP contribution in [-0.2, 0) is 14.9 Å². The van der Waals surface area contributed by atoms with Crippen LogP contribution in [0.4, 0.5) is 5.69 Å². The number of carbonyl (C=O) groups excluding carboxylic acids is 1. The molecular weight excluding hydrogens is 250 g/mol. The summed E-state index contributed by atoms with van der Waals surface area (Å²) in [7, 11) is 0. The highest BCUT2D eigenvalue weighted by molar-refractivity contribution is 5.88. The molecular formula is C17H23NO2. The van der Waals surface area contributed by atoms with Crippen molar-refractivity contribution in [2.75, 3.05) is 31.2 Å². The minimum Gasteiger partial charge on any atom is -0.378 e. The van der Waals surface area contributed by atoms with E-state index in [1.165, 1.54) is 24.1 Å². The molecule has 0 N–H and O–H groups in total. The molecule has 0 spiro atoms. The van der Waals surface area contributed by atoms with Crippen LogP contribution >= 0.6 is 0 Å². The Hall–Kier alpha value is -1.35. The molecule has 0 bridgehead atoms. The van der Waals surface area contributed by atoms with Crippen LogP contribution in [0.25, 0.3) is 0 Å². The minimum atomic E-state index is -0.220. The molecule has 2 aliphatic rings. The van der Waals surface area contributed by atoms with Crippen molar-refractivity contribution in [1.82, 2.24) is 0 Å². The maximum atomic E-state index is 12.2. The summed E-state index contributed by atoms with van der Waals surface area (Å²) in [6, 6.07) is 8.62. The molecule has 1 saturated carbocycles. The summed E-state index contributed by atoms with van der Waals surface area (Å²) in [5, 5.41) is 0. The third-order valence-electron chi connectivity index (χ3n) is 4.91. The molecule has 0 atom stereocenters. The summed E-state index contributed by atoms with van der Waals surface area (Å²) in [5.41, 5.74) is 2.23. The van der Waals surface area contributed by atoms with Gasteiger partial charge < -0.3 is 9.64 Å². The molecule has 1 aliphatic heterocycles. The lowest BCUT2D eigenvalue weighted by Crippen LogP contribution is -2.37. The summed E-state index contributed by atoms with van der Waals surface area (Å²) in [5.74, 6) is 0.328. The van der Waals surface area contributed by atoms with E-state index in [1.807, 2.05) is 0 Å². The summed E-state index contributed by atoms with van der Waals surface area (Å²) >= 11 is 0. The molecule has 1 aromatic carbocycles. The van der Waals surface area contributed by atoms with E-state index < -0.39 is 0 Å². The quantitative estimate of drug-likeness (QED) is 0.848. The molecule has 0 amide bonds. The van der Waals surface area contributed by atoms with Crippen molar-refractivity contribution in [2.45, 2.75) is 38.0 Å². The van der Waals surface area contributed by atoms with Gasteiger partial charge in [0.1, 0.15) is 5.78 Å². The van der Waals surface area contributed by atoms with Gasteiger partial charge in [0.05, 0.1) is 18.6 Å². The molecule has 3 heteroatoms. The minimum absolute atomic E-state index is 0.220. The molecule has 20 heavy (non-hydrogen) atoms. The van der Waals surface area contributed by atoms with Crippen LogP contribution in [0.3, 0.4) is 0 Å². The van der Waals surface area contributed by atoms with Gasteiger partial charge in [-0.3, -0.25) is 4.79 Å². The smallest absolute Gasteiger partial charge is 0.140 e. The Morgan fingerprint density at radius 2 is 1.90 bits per heavy atom. The molecule has 3 nitrogen and oxygen atoms in total. The molecule has 1 aromatic rings. The fraction of sp³-hybridized carbons (Fsp3) is 0.588. The Morgan fingerprint density at radius 3 is 2.55 bits per heavy atom. The molecule has 0 aromatic heterocycles. The molecule has 1 heterocycles. The number of Topliss-reactive ketones (excluding diaryl/α,β-unsaturated/α-hetero) is 1.